The lowest BCUT2D eigenvalue weighted by atomic mass is 9.89. The van der Waals surface area contributed by atoms with Crippen LogP contribution in [0, 0.1) is 0 Å². The fraction of sp³-hybridized carbons (Fsp3) is 0. The predicted molar refractivity (Wildman–Crippen MR) is 199 cm³/mol. The molecule has 2 aromatic heterocycles. The lowest BCUT2D eigenvalue weighted by Gasteiger charge is -2.19. The van der Waals surface area contributed by atoms with Crippen LogP contribution in [0.5, 0.6) is 0 Å². The lowest BCUT2D eigenvalue weighted by Crippen LogP contribution is -2.15. The maximum Gasteiger partial charge on any atom is 0.267 e. The van der Waals surface area contributed by atoms with Crippen LogP contribution in [0.15, 0.2) is 169 Å². The van der Waals surface area contributed by atoms with Gasteiger partial charge >= 0.3 is 0 Å². The molecule has 0 amide bonds. The van der Waals surface area contributed by atoms with Crippen molar-refractivity contribution in [3.05, 3.63) is 174 Å². The summed E-state index contributed by atoms with van der Waals surface area (Å²) in [4.78, 5) is 19.2. The Kier molecular flexibility index (Phi) is 5.69. The number of fused-ring (bicyclic) bond motifs is 7. The minimum atomic E-state index is -0.0675. The van der Waals surface area contributed by atoms with E-state index in [1.165, 1.54) is 27.5 Å². The summed E-state index contributed by atoms with van der Waals surface area (Å²) in [6.07, 6.45) is 0. The molecule has 4 heteroatoms. The van der Waals surface area contributed by atoms with Gasteiger partial charge in [-0.05, 0) is 68.1 Å². The molecule has 0 bridgehead atoms. The molecule has 0 N–H and O–H groups in total. The van der Waals surface area contributed by atoms with Gasteiger partial charge in [-0.1, -0.05) is 140 Å². The van der Waals surface area contributed by atoms with E-state index in [9.17, 15) is 4.79 Å². The minimum Gasteiger partial charge on any atom is -0.277 e. The summed E-state index contributed by atoms with van der Waals surface area (Å²) < 4.78 is 3.95. The van der Waals surface area contributed by atoms with Crippen LogP contribution in [0.3, 0.4) is 0 Å². The van der Waals surface area contributed by atoms with Crippen molar-refractivity contribution in [1.29, 1.82) is 0 Å². The smallest absolute Gasteiger partial charge is 0.267 e. The number of nitrogens with zero attached hydrogens (tertiary/aromatic N) is 3. The Morgan fingerprint density at radius 2 is 0.979 bits per heavy atom. The summed E-state index contributed by atoms with van der Waals surface area (Å²) in [5.74, 6) is 0.599. The first-order chi connectivity index (χ1) is 23.8. The summed E-state index contributed by atoms with van der Waals surface area (Å²) in [5, 5.41) is 7.56. The van der Waals surface area contributed by atoms with Gasteiger partial charge in [0.05, 0.1) is 27.6 Å². The number of imidazole rings is 1. The van der Waals surface area contributed by atoms with Crippen LogP contribution in [0.25, 0.3) is 88.0 Å². The van der Waals surface area contributed by atoms with Crippen molar-refractivity contribution in [2.45, 2.75) is 0 Å². The van der Waals surface area contributed by atoms with Gasteiger partial charge in [0.1, 0.15) is 0 Å². The largest absolute Gasteiger partial charge is 0.277 e. The van der Waals surface area contributed by atoms with E-state index in [1.807, 2.05) is 42.5 Å². The molecule has 0 saturated carbocycles. The fourth-order valence-electron chi connectivity index (χ4n) is 7.61. The standard InChI is InChI=1S/C44H27N3O/c48-43-37-19-7-8-21-38(37)45-44-46(39-22-9-10-23-40(39)47(43)44)42-35-17-5-3-15-33(35)41(34-16-4-6-18-36(34)42)30-26-24-29(25-27-30)32-20-11-13-28-12-1-2-14-31(28)32/h1-27H. The molecule has 48 heavy (non-hydrogen) atoms. The van der Waals surface area contributed by atoms with E-state index in [2.05, 4.69) is 126 Å². The number of rotatable bonds is 3. The molecule has 8 aromatic carbocycles. The summed E-state index contributed by atoms with van der Waals surface area (Å²) in [6, 6.07) is 56.9. The molecule has 0 radical (unpaired) electrons. The summed E-state index contributed by atoms with van der Waals surface area (Å²) in [5.41, 5.74) is 8.15. The van der Waals surface area contributed by atoms with E-state index in [0.29, 0.717) is 16.7 Å². The van der Waals surface area contributed by atoms with Crippen molar-refractivity contribution < 1.29 is 0 Å². The van der Waals surface area contributed by atoms with Crippen molar-refractivity contribution in [3.63, 3.8) is 0 Å². The van der Waals surface area contributed by atoms with Crippen LogP contribution in [0.2, 0.25) is 0 Å². The highest BCUT2D eigenvalue weighted by molar-refractivity contribution is 6.19. The fourth-order valence-corrected chi connectivity index (χ4v) is 7.61. The van der Waals surface area contributed by atoms with Gasteiger partial charge in [0.25, 0.3) is 5.56 Å². The molecule has 0 aliphatic rings. The third-order valence-electron chi connectivity index (χ3n) is 9.72. The summed E-state index contributed by atoms with van der Waals surface area (Å²) in [6.45, 7) is 0. The monoisotopic (exact) mass is 613 g/mol. The molecule has 10 aromatic rings. The Morgan fingerprint density at radius 3 is 1.71 bits per heavy atom. The van der Waals surface area contributed by atoms with Gasteiger partial charge in [-0.25, -0.2) is 9.38 Å². The lowest BCUT2D eigenvalue weighted by molar-refractivity contribution is 1.06. The first-order valence-corrected chi connectivity index (χ1v) is 16.2. The first-order valence-electron chi connectivity index (χ1n) is 16.2. The van der Waals surface area contributed by atoms with Gasteiger partial charge in [0.15, 0.2) is 0 Å². The predicted octanol–water partition coefficient (Wildman–Crippen LogP) is 10.6. The zero-order chi connectivity index (χ0) is 31.8. The number of aromatic nitrogens is 3. The second-order valence-corrected chi connectivity index (χ2v) is 12.3. The SMILES string of the molecule is O=c1c2ccccc2nc2n(-c3c4ccccc4c(-c4ccc(-c5cccc6ccccc56)cc4)c4ccccc34)c3ccccc3n12. The second kappa shape index (κ2) is 10.2. The van der Waals surface area contributed by atoms with Crippen LogP contribution < -0.4 is 5.56 Å². The number of hydrogen-bond donors (Lipinski definition) is 0. The Labute approximate surface area is 275 Å². The maximum atomic E-state index is 14.0. The van der Waals surface area contributed by atoms with Gasteiger partial charge in [0, 0.05) is 10.8 Å². The molecule has 4 nitrogen and oxygen atoms in total. The van der Waals surface area contributed by atoms with E-state index in [1.54, 1.807) is 4.40 Å². The quantitative estimate of drug-likeness (QED) is 0.186. The maximum absolute atomic E-state index is 14.0. The minimum absolute atomic E-state index is 0.0675. The second-order valence-electron chi connectivity index (χ2n) is 12.3. The topological polar surface area (TPSA) is 39.3 Å². The van der Waals surface area contributed by atoms with E-state index >= 15 is 0 Å². The van der Waals surface area contributed by atoms with E-state index in [4.69, 9.17) is 4.98 Å². The molecule has 0 fully saturated rings. The van der Waals surface area contributed by atoms with E-state index < -0.39 is 0 Å². The molecule has 0 spiro atoms. The average Bonchev–Trinajstić information content (AvgIpc) is 3.47. The highest BCUT2D eigenvalue weighted by atomic mass is 16.1. The van der Waals surface area contributed by atoms with Crippen molar-refractivity contribution >= 4 is 60.0 Å². The van der Waals surface area contributed by atoms with Crippen LogP contribution in [0.4, 0.5) is 0 Å². The highest BCUT2D eigenvalue weighted by Gasteiger charge is 2.22. The summed E-state index contributed by atoms with van der Waals surface area (Å²) in [7, 11) is 0. The zero-order valence-electron chi connectivity index (χ0n) is 25.8. The molecular weight excluding hydrogens is 587 g/mol. The van der Waals surface area contributed by atoms with Crippen LogP contribution in [-0.4, -0.2) is 14.0 Å². The number of benzene rings is 8. The van der Waals surface area contributed by atoms with Gasteiger partial charge in [-0.15, -0.1) is 0 Å². The Morgan fingerprint density at radius 1 is 0.438 bits per heavy atom. The van der Waals surface area contributed by atoms with E-state index in [-0.39, 0.29) is 5.56 Å². The van der Waals surface area contributed by atoms with Crippen molar-refractivity contribution in [2.75, 3.05) is 0 Å². The molecule has 2 heterocycles. The normalized spacial score (nSPS) is 11.8. The molecule has 0 saturated heterocycles. The molecule has 224 valence electrons. The third-order valence-corrected chi connectivity index (χ3v) is 9.72. The first kappa shape index (κ1) is 26.7. The molecule has 0 atom stereocenters. The van der Waals surface area contributed by atoms with Crippen molar-refractivity contribution in [1.82, 2.24) is 14.0 Å². The Hall–Kier alpha value is -6.52. The van der Waals surface area contributed by atoms with Crippen LogP contribution in [0.1, 0.15) is 0 Å². The van der Waals surface area contributed by atoms with Gasteiger partial charge in [0.2, 0.25) is 5.78 Å². The number of para-hydroxylation sites is 3. The van der Waals surface area contributed by atoms with Crippen LogP contribution >= 0.6 is 0 Å². The van der Waals surface area contributed by atoms with E-state index in [0.717, 1.165) is 43.8 Å². The Balaban J connectivity index is 1.28. The zero-order valence-corrected chi connectivity index (χ0v) is 25.8. The third kappa shape index (κ3) is 3.77. The van der Waals surface area contributed by atoms with Gasteiger partial charge in [-0.3, -0.25) is 9.36 Å². The summed E-state index contributed by atoms with van der Waals surface area (Å²) >= 11 is 0. The molecular formula is C44H27N3O. The molecule has 0 aliphatic heterocycles. The van der Waals surface area contributed by atoms with Gasteiger partial charge < -0.3 is 0 Å². The van der Waals surface area contributed by atoms with Crippen molar-refractivity contribution in [2.24, 2.45) is 0 Å². The van der Waals surface area contributed by atoms with Gasteiger partial charge in [-0.2, -0.15) is 0 Å². The van der Waals surface area contributed by atoms with Crippen molar-refractivity contribution in [3.8, 4) is 27.9 Å². The Bertz CT molecular complexity index is 2910. The molecule has 0 aliphatic carbocycles. The molecule has 10 rings (SSSR count). The average molecular weight is 614 g/mol. The number of hydrogen-bond acceptors (Lipinski definition) is 2. The highest BCUT2D eigenvalue weighted by Crippen LogP contribution is 2.43. The van der Waals surface area contributed by atoms with Crippen LogP contribution in [-0.2, 0) is 0 Å². The molecule has 0 unspecified atom stereocenters.